The van der Waals surface area contributed by atoms with Gasteiger partial charge in [-0.25, -0.2) is 0 Å². The first-order chi connectivity index (χ1) is 7.15. The van der Waals surface area contributed by atoms with Gasteiger partial charge in [0.15, 0.2) is 0 Å². The highest BCUT2D eigenvalue weighted by molar-refractivity contribution is 9.10. The van der Waals surface area contributed by atoms with Crippen LogP contribution < -0.4 is 5.73 Å². The van der Waals surface area contributed by atoms with Gasteiger partial charge in [-0.2, -0.15) is 0 Å². The molecule has 2 N–H and O–H groups in total. The first kappa shape index (κ1) is 12.2. The fraction of sp³-hybridized carbons (Fsp3) is 0.364. The average molecular weight is 272 g/mol. The highest BCUT2D eigenvalue weighted by Crippen LogP contribution is 2.16. The lowest BCUT2D eigenvalue weighted by Crippen LogP contribution is -2.31. The smallest absolute Gasteiger partial charge is 0.323 e. The van der Waals surface area contributed by atoms with Crippen LogP contribution in [0.2, 0.25) is 0 Å². The normalized spacial score (nSPS) is 12.2. The largest absolute Gasteiger partial charge is 0.460 e. The summed E-state index contributed by atoms with van der Waals surface area (Å²) in [5.41, 5.74) is 6.47. The van der Waals surface area contributed by atoms with Crippen molar-refractivity contribution in [1.29, 1.82) is 0 Å². The third-order valence-electron chi connectivity index (χ3n) is 2.07. The van der Waals surface area contributed by atoms with E-state index in [2.05, 4.69) is 15.9 Å². The van der Waals surface area contributed by atoms with Crippen molar-refractivity contribution in [3.63, 3.8) is 0 Å². The van der Waals surface area contributed by atoms with E-state index in [-0.39, 0.29) is 12.6 Å². The maximum Gasteiger partial charge on any atom is 0.323 e. The molecule has 1 rings (SSSR count). The van der Waals surface area contributed by atoms with Gasteiger partial charge in [0.1, 0.15) is 12.6 Å². The Morgan fingerprint density at radius 3 is 2.80 bits per heavy atom. The molecule has 0 fully saturated rings. The van der Waals surface area contributed by atoms with Gasteiger partial charge in [-0.05, 0) is 12.5 Å². The molecule has 15 heavy (non-hydrogen) atoms. The molecule has 0 spiro atoms. The molecule has 3 nitrogen and oxygen atoms in total. The molecule has 0 saturated carbocycles. The summed E-state index contributed by atoms with van der Waals surface area (Å²) in [7, 11) is 0. The van der Waals surface area contributed by atoms with E-state index in [9.17, 15) is 4.79 Å². The Balaban J connectivity index is 2.51. The summed E-state index contributed by atoms with van der Waals surface area (Å²) >= 11 is 3.38. The molecule has 0 heterocycles. The highest BCUT2D eigenvalue weighted by atomic mass is 79.9. The van der Waals surface area contributed by atoms with Crippen molar-refractivity contribution >= 4 is 21.9 Å². The second-order valence-corrected chi connectivity index (χ2v) is 4.07. The highest BCUT2D eigenvalue weighted by Gasteiger charge is 2.12. The van der Waals surface area contributed by atoms with Crippen LogP contribution in [-0.2, 0) is 16.1 Å². The van der Waals surface area contributed by atoms with Gasteiger partial charge in [-0.3, -0.25) is 4.79 Å². The molecule has 82 valence electrons. The van der Waals surface area contributed by atoms with Gasteiger partial charge < -0.3 is 10.5 Å². The molecule has 0 saturated heterocycles. The van der Waals surface area contributed by atoms with E-state index in [0.717, 1.165) is 10.0 Å². The van der Waals surface area contributed by atoms with Gasteiger partial charge in [0, 0.05) is 10.0 Å². The Morgan fingerprint density at radius 2 is 2.20 bits per heavy atom. The molecule has 0 aliphatic rings. The zero-order valence-electron chi connectivity index (χ0n) is 8.57. The fourth-order valence-electron chi connectivity index (χ4n) is 1.04. The maximum absolute atomic E-state index is 11.3. The number of nitrogens with two attached hydrogens (primary N) is 1. The third-order valence-corrected chi connectivity index (χ3v) is 2.84. The summed E-state index contributed by atoms with van der Waals surface area (Å²) in [6.45, 7) is 2.11. The lowest BCUT2D eigenvalue weighted by molar-refractivity contribution is -0.146. The van der Waals surface area contributed by atoms with Crippen LogP contribution in [0.25, 0.3) is 0 Å². The first-order valence-corrected chi connectivity index (χ1v) is 5.60. The number of hydrogen-bond donors (Lipinski definition) is 1. The van der Waals surface area contributed by atoms with Gasteiger partial charge in [-0.15, -0.1) is 0 Å². The first-order valence-electron chi connectivity index (χ1n) is 4.80. The van der Waals surface area contributed by atoms with E-state index in [4.69, 9.17) is 10.5 Å². The molecule has 1 atom stereocenters. The molecule has 0 aliphatic carbocycles. The quantitative estimate of drug-likeness (QED) is 0.855. The number of carbonyl (C=O) groups is 1. The minimum atomic E-state index is -0.521. The third kappa shape index (κ3) is 3.64. The van der Waals surface area contributed by atoms with Crippen LogP contribution in [0, 0.1) is 0 Å². The molecule has 1 aromatic rings. The lowest BCUT2D eigenvalue weighted by atomic mass is 10.2. The number of ether oxygens (including phenoxy) is 1. The summed E-state index contributed by atoms with van der Waals surface area (Å²) in [4.78, 5) is 11.3. The van der Waals surface area contributed by atoms with Crippen molar-refractivity contribution in [3.8, 4) is 0 Å². The van der Waals surface area contributed by atoms with E-state index in [1.165, 1.54) is 0 Å². The Bertz CT molecular complexity index is 341. The van der Waals surface area contributed by atoms with E-state index in [1.807, 2.05) is 31.2 Å². The molecule has 1 aromatic carbocycles. The maximum atomic E-state index is 11.3. The molecule has 0 aliphatic heterocycles. The monoisotopic (exact) mass is 271 g/mol. The molecule has 0 bridgehead atoms. The Hall–Kier alpha value is -0.870. The van der Waals surface area contributed by atoms with E-state index < -0.39 is 6.04 Å². The second-order valence-electron chi connectivity index (χ2n) is 3.21. The van der Waals surface area contributed by atoms with Gasteiger partial charge in [0.05, 0.1) is 0 Å². The van der Waals surface area contributed by atoms with Crippen LogP contribution in [0.15, 0.2) is 28.7 Å². The van der Waals surface area contributed by atoms with Crippen LogP contribution in [0.3, 0.4) is 0 Å². The van der Waals surface area contributed by atoms with Crippen LogP contribution in [0.1, 0.15) is 18.9 Å². The van der Waals surface area contributed by atoms with Crippen molar-refractivity contribution in [1.82, 2.24) is 0 Å². The van der Waals surface area contributed by atoms with Crippen molar-refractivity contribution in [2.45, 2.75) is 26.0 Å². The average Bonchev–Trinajstić information content (AvgIpc) is 2.26. The van der Waals surface area contributed by atoms with Gasteiger partial charge in [0.2, 0.25) is 0 Å². The predicted octanol–water partition coefficient (Wildman–Crippen LogP) is 2.23. The van der Waals surface area contributed by atoms with Crippen molar-refractivity contribution in [2.24, 2.45) is 5.73 Å². The van der Waals surface area contributed by atoms with E-state index >= 15 is 0 Å². The Morgan fingerprint density at radius 1 is 1.53 bits per heavy atom. The standard InChI is InChI=1S/C11H14BrNO2/c1-2-10(13)11(14)15-7-8-5-3-4-6-9(8)12/h3-6,10H,2,7,13H2,1H3. The summed E-state index contributed by atoms with van der Waals surface area (Å²) < 4.78 is 6.00. The molecule has 0 amide bonds. The summed E-state index contributed by atoms with van der Waals surface area (Å²) in [6, 6.07) is 7.09. The molecular formula is C11H14BrNO2. The zero-order valence-corrected chi connectivity index (χ0v) is 10.2. The van der Waals surface area contributed by atoms with Gasteiger partial charge in [-0.1, -0.05) is 41.1 Å². The number of hydrogen-bond acceptors (Lipinski definition) is 3. The van der Waals surface area contributed by atoms with Gasteiger partial charge >= 0.3 is 5.97 Å². The Kier molecular flexibility index (Phi) is 4.78. The predicted molar refractivity (Wildman–Crippen MR) is 62.2 cm³/mol. The van der Waals surface area contributed by atoms with Crippen LogP contribution in [-0.4, -0.2) is 12.0 Å². The lowest BCUT2D eigenvalue weighted by Gasteiger charge is -2.10. The minimum absolute atomic E-state index is 0.258. The van der Waals surface area contributed by atoms with Crippen molar-refractivity contribution in [2.75, 3.05) is 0 Å². The second kappa shape index (κ2) is 5.88. The molecular weight excluding hydrogens is 258 g/mol. The SMILES string of the molecule is CCC(N)C(=O)OCc1ccccc1Br. The number of esters is 1. The number of carbonyl (C=O) groups excluding carboxylic acids is 1. The van der Waals surface area contributed by atoms with Crippen LogP contribution in [0.5, 0.6) is 0 Å². The topological polar surface area (TPSA) is 52.3 Å². The van der Waals surface area contributed by atoms with Crippen LogP contribution in [0.4, 0.5) is 0 Å². The van der Waals surface area contributed by atoms with Crippen molar-refractivity contribution < 1.29 is 9.53 Å². The van der Waals surface area contributed by atoms with E-state index in [0.29, 0.717) is 6.42 Å². The summed E-state index contributed by atoms with van der Waals surface area (Å²) in [5, 5.41) is 0. The van der Waals surface area contributed by atoms with Crippen molar-refractivity contribution in [3.05, 3.63) is 34.3 Å². The molecule has 4 heteroatoms. The number of benzene rings is 1. The minimum Gasteiger partial charge on any atom is -0.460 e. The van der Waals surface area contributed by atoms with Gasteiger partial charge in [0.25, 0.3) is 0 Å². The summed E-state index contributed by atoms with van der Waals surface area (Å²) in [5.74, 6) is -0.353. The zero-order chi connectivity index (χ0) is 11.3. The fourth-order valence-corrected chi connectivity index (χ4v) is 1.44. The number of rotatable bonds is 4. The summed E-state index contributed by atoms with van der Waals surface area (Å²) in [6.07, 6.45) is 0.592. The van der Waals surface area contributed by atoms with Crippen LogP contribution >= 0.6 is 15.9 Å². The molecule has 0 radical (unpaired) electrons. The molecule has 0 aromatic heterocycles. The number of halogens is 1. The Labute approximate surface area is 97.7 Å². The van der Waals surface area contributed by atoms with E-state index in [1.54, 1.807) is 0 Å². The molecule has 1 unspecified atom stereocenters.